The number of hydrogen-bond donors (Lipinski definition) is 3. The van der Waals surface area contributed by atoms with Crippen LogP contribution in [0.5, 0.6) is 11.5 Å². The van der Waals surface area contributed by atoms with Crippen molar-refractivity contribution < 1.29 is 14.6 Å². The number of ether oxygens (including phenoxy) is 1. The third-order valence-corrected chi connectivity index (χ3v) is 4.27. The van der Waals surface area contributed by atoms with Gasteiger partial charge in [0.1, 0.15) is 11.5 Å². The minimum Gasteiger partial charge on any atom is -0.508 e. The molecule has 0 radical (unpaired) electrons. The summed E-state index contributed by atoms with van der Waals surface area (Å²) in [5.74, 6) is 0.741. The van der Waals surface area contributed by atoms with Crippen molar-refractivity contribution in [1.82, 2.24) is 9.78 Å². The molecule has 2 amide bonds. The van der Waals surface area contributed by atoms with E-state index >= 15 is 0 Å². The molecule has 0 bridgehead atoms. The van der Waals surface area contributed by atoms with Gasteiger partial charge in [0.15, 0.2) is 0 Å². The average molecular weight is 417 g/mol. The molecule has 1 aromatic heterocycles. The van der Waals surface area contributed by atoms with E-state index in [1.807, 2.05) is 0 Å². The Labute approximate surface area is 158 Å². The number of carbonyl (C=O) groups is 1. The van der Waals surface area contributed by atoms with Crippen molar-refractivity contribution in [3.05, 3.63) is 53.1 Å². The van der Waals surface area contributed by atoms with E-state index in [-0.39, 0.29) is 5.75 Å². The molecule has 0 aliphatic heterocycles. The molecule has 0 saturated carbocycles. The van der Waals surface area contributed by atoms with E-state index in [2.05, 4.69) is 31.7 Å². The van der Waals surface area contributed by atoms with Gasteiger partial charge in [0, 0.05) is 30.1 Å². The first-order valence-corrected chi connectivity index (χ1v) is 8.49. The van der Waals surface area contributed by atoms with E-state index in [0.717, 1.165) is 15.7 Å². The van der Waals surface area contributed by atoms with Gasteiger partial charge in [-0.1, -0.05) is 0 Å². The summed E-state index contributed by atoms with van der Waals surface area (Å²) < 4.78 is 7.56. The van der Waals surface area contributed by atoms with Gasteiger partial charge < -0.3 is 20.5 Å². The summed E-state index contributed by atoms with van der Waals surface area (Å²) in [7, 11) is 3.38. The van der Waals surface area contributed by atoms with Gasteiger partial charge in [-0.3, -0.25) is 4.68 Å². The summed E-state index contributed by atoms with van der Waals surface area (Å²) >= 11 is 3.43. The fourth-order valence-corrected chi connectivity index (χ4v) is 3.10. The number of anilines is 2. The van der Waals surface area contributed by atoms with Crippen LogP contribution in [0.3, 0.4) is 0 Å². The molecule has 0 atom stereocenters. The molecule has 26 heavy (non-hydrogen) atoms. The van der Waals surface area contributed by atoms with Crippen LogP contribution in [0, 0.1) is 0 Å². The molecule has 0 unspecified atom stereocenters. The third-order valence-electron chi connectivity index (χ3n) is 3.69. The standard InChI is InChI=1S/C18H17BrN4O3/c1-23-17(16(19)10-20-23)11-7-13(9-14(24)8-11)22-18(25)21-12-3-5-15(26-2)6-4-12/h3-10,24H,1-2H3,(H2,21,22,25). The molecule has 0 fully saturated rings. The van der Waals surface area contributed by atoms with Crippen LogP contribution in [-0.4, -0.2) is 28.0 Å². The van der Waals surface area contributed by atoms with E-state index in [1.54, 1.807) is 61.4 Å². The molecule has 0 spiro atoms. The zero-order chi connectivity index (χ0) is 18.7. The number of hydrogen-bond acceptors (Lipinski definition) is 4. The smallest absolute Gasteiger partial charge is 0.323 e. The van der Waals surface area contributed by atoms with Gasteiger partial charge in [0.05, 0.1) is 23.5 Å². The van der Waals surface area contributed by atoms with E-state index in [9.17, 15) is 9.90 Å². The number of aryl methyl sites for hydroxylation is 1. The lowest BCUT2D eigenvalue weighted by atomic mass is 10.1. The lowest BCUT2D eigenvalue weighted by molar-refractivity contribution is 0.262. The number of carbonyl (C=O) groups excluding carboxylic acids is 1. The van der Waals surface area contributed by atoms with Crippen LogP contribution in [0.1, 0.15) is 0 Å². The Morgan fingerprint density at radius 3 is 2.46 bits per heavy atom. The maximum absolute atomic E-state index is 12.2. The SMILES string of the molecule is COc1ccc(NC(=O)Nc2cc(O)cc(-c3c(Br)cnn3C)c2)cc1. The Bertz CT molecular complexity index is 919. The number of amides is 2. The van der Waals surface area contributed by atoms with Gasteiger partial charge >= 0.3 is 6.03 Å². The number of phenolic OH excluding ortho intramolecular Hbond substituents is 1. The number of aromatic hydroxyl groups is 1. The van der Waals surface area contributed by atoms with Gasteiger partial charge in [-0.2, -0.15) is 5.10 Å². The highest BCUT2D eigenvalue weighted by molar-refractivity contribution is 9.10. The predicted octanol–water partition coefficient (Wildman–Crippen LogP) is 4.21. The van der Waals surface area contributed by atoms with Crippen LogP contribution in [0.25, 0.3) is 11.3 Å². The van der Waals surface area contributed by atoms with Crippen LogP contribution >= 0.6 is 15.9 Å². The second-order valence-corrected chi connectivity index (χ2v) is 6.40. The number of methoxy groups -OCH3 is 1. The molecule has 0 aliphatic carbocycles. The maximum Gasteiger partial charge on any atom is 0.323 e. The van der Waals surface area contributed by atoms with Crippen molar-refractivity contribution >= 4 is 33.3 Å². The van der Waals surface area contributed by atoms with Crippen molar-refractivity contribution in [3.63, 3.8) is 0 Å². The minimum absolute atomic E-state index is 0.0374. The highest BCUT2D eigenvalue weighted by Gasteiger charge is 2.12. The van der Waals surface area contributed by atoms with E-state index in [0.29, 0.717) is 17.1 Å². The lowest BCUT2D eigenvalue weighted by Crippen LogP contribution is -2.19. The summed E-state index contributed by atoms with van der Waals surface area (Å²) in [4.78, 5) is 12.2. The molecule has 2 aromatic carbocycles. The maximum atomic E-state index is 12.2. The topological polar surface area (TPSA) is 88.4 Å². The number of halogens is 1. The van der Waals surface area contributed by atoms with Crippen molar-refractivity contribution in [2.24, 2.45) is 7.05 Å². The Morgan fingerprint density at radius 1 is 1.15 bits per heavy atom. The fraction of sp³-hybridized carbons (Fsp3) is 0.111. The molecule has 3 rings (SSSR count). The van der Waals surface area contributed by atoms with Crippen molar-refractivity contribution in [1.29, 1.82) is 0 Å². The number of aromatic nitrogens is 2. The number of phenols is 1. The fourth-order valence-electron chi connectivity index (χ4n) is 2.52. The summed E-state index contributed by atoms with van der Waals surface area (Å²) in [5.41, 5.74) is 2.59. The zero-order valence-corrected chi connectivity index (χ0v) is 15.7. The van der Waals surface area contributed by atoms with Crippen LogP contribution in [0.4, 0.5) is 16.2 Å². The highest BCUT2D eigenvalue weighted by Crippen LogP contribution is 2.32. The number of nitrogens with zero attached hydrogens (tertiary/aromatic N) is 2. The normalized spacial score (nSPS) is 10.4. The Morgan fingerprint density at radius 2 is 1.85 bits per heavy atom. The van der Waals surface area contributed by atoms with E-state index in [1.165, 1.54) is 6.07 Å². The van der Waals surface area contributed by atoms with Crippen LogP contribution in [-0.2, 0) is 7.05 Å². The molecule has 8 heteroatoms. The summed E-state index contributed by atoms with van der Waals surface area (Å²) in [5, 5.41) is 19.6. The lowest BCUT2D eigenvalue weighted by Gasteiger charge is -2.11. The van der Waals surface area contributed by atoms with Crippen LogP contribution in [0.2, 0.25) is 0 Å². The second kappa shape index (κ2) is 7.49. The Hall–Kier alpha value is -3.00. The third kappa shape index (κ3) is 3.97. The van der Waals surface area contributed by atoms with Gasteiger partial charge in [0.25, 0.3) is 0 Å². The number of benzene rings is 2. The van der Waals surface area contributed by atoms with Crippen LogP contribution < -0.4 is 15.4 Å². The monoisotopic (exact) mass is 416 g/mol. The van der Waals surface area contributed by atoms with Gasteiger partial charge in [0.2, 0.25) is 0 Å². The predicted molar refractivity (Wildman–Crippen MR) is 104 cm³/mol. The first-order chi connectivity index (χ1) is 12.5. The van der Waals surface area contributed by atoms with Gasteiger partial charge in [-0.25, -0.2) is 4.79 Å². The van der Waals surface area contributed by atoms with E-state index in [4.69, 9.17) is 4.74 Å². The quantitative estimate of drug-likeness (QED) is 0.594. The molecule has 1 heterocycles. The highest BCUT2D eigenvalue weighted by atomic mass is 79.9. The summed E-state index contributed by atoms with van der Waals surface area (Å²) in [6, 6.07) is 11.4. The number of rotatable bonds is 4. The molecular weight excluding hydrogens is 400 g/mol. The Kier molecular flexibility index (Phi) is 5.13. The van der Waals surface area contributed by atoms with Crippen LogP contribution in [0.15, 0.2) is 53.1 Å². The van der Waals surface area contributed by atoms with Crippen molar-refractivity contribution in [2.75, 3.05) is 17.7 Å². The number of urea groups is 1. The van der Waals surface area contributed by atoms with Gasteiger partial charge in [-0.05, 0) is 52.3 Å². The second-order valence-electron chi connectivity index (χ2n) is 5.54. The molecule has 0 aliphatic rings. The molecular formula is C18H17BrN4O3. The van der Waals surface area contributed by atoms with Gasteiger partial charge in [-0.15, -0.1) is 0 Å². The molecule has 3 aromatic rings. The van der Waals surface area contributed by atoms with Crippen molar-refractivity contribution in [2.45, 2.75) is 0 Å². The van der Waals surface area contributed by atoms with Crippen molar-refractivity contribution in [3.8, 4) is 22.8 Å². The molecule has 7 nitrogen and oxygen atoms in total. The average Bonchev–Trinajstić information content (AvgIpc) is 2.93. The first kappa shape index (κ1) is 17.8. The van der Waals surface area contributed by atoms with E-state index < -0.39 is 6.03 Å². The number of nitrogens with one attached hydrogen (secondary N) is 2. The molecule has 3 N–H and O–H groups in total. The first-order valence-electron chi connectivity index (χ1n) is 7.70. The minimum atomic E-state index is -0.421. The Balaban J connectivity index is 1.78. The molecule has 0 saturated heterocycles. The summed E-state index contributed by atoms with van der Waals surface area (Å²) in [6.07, 6.45) is 1.67. The zero-order valence-electron chi connectivity index (χ0n) is 14.2. The molecule has 134 valence electrons. The summed E-state index contributed by atoms with van der Waals surface area (Å²) in [6.45, 7) is 0. The largest absolute Gasteiger partial charge is 0.508 e.